The van der Waals surface area contributed by atoms with Crippen molar-refractivity contribution in [2.45, 2.75) is 32.0 Å². The van der Waals surface area contributed by atoms with Crippen molar-refractivity contribution >= 4 is 0 Å². The fourth-order valence-electron chi connectivity index (χ4n) is 2.42. The van der Waals surface area contributed by atoms with Crippen LogP contribution in [0, 0.1) is 0 Å². The first-order valence-electron chi connectivity index (χ1n) is 6.08. The molecular formula is C14H16N2O2. The van der Waals surface area contributed by atoms with E-state index in [2.05, 4.69) is 30.4 Å². The number of hydrogen-bond donors (Lipinski definition) is 1. The Morgan fingerprint density at radius 2 is 2.11 bits per heavy atom. The van der Waals surface area contributed by atoms with Crippen molar-refractivity contribution in [2.24, 2.45) is 0 Å². The van der Waals surface area contributed by atoms with E-state index in [1.807, 2.05) is 24.3 Å². The summed E-state index contributed by atoms with van der Waals surface area (Å²) in [5, 5.41) is 7.17. The highest BCUT2D eigenvalue weighted by molar-refractivity contribution is 5.42. The molecule has 0 saturated heterocycles. The summed E-state index contributed by atoms with van der Waals surface area (Å²) in [6.07, 6.45) is 1.65. The number of para-hydroxylation sites is 1. The molecule has 1 atom stereocenters. The highest BCUT2D eigenvalue weighted by Gasteiger charge is 2.40. The van der Waals surface area contributed by atoms with Crippen LogP contribution in [0.4, 0.5) is 0 Å². The Bertz CT molecular complexity index is 534. The number of nitrogens with one attached hydrogen (secondary N) is 1. The van der Waals surface area contributed by atoms with E-state index < -0.39 is 0 Å². The van der Waals surface area contributed by atoms with Gasteiger partial charge in [0.25, 0.3) is 0 Å². The number of nitrogens with zero attached hydrogens (tertiary/aromatic N) is 1. The van der Waals surface area contributed by atoms with Gasteiger partial charge < -0.3 is 9.26 Å². The largest absolute Gasteiger partial charge is 0.486 e. The van der Waals surface area contributed by atoms with Crippen molar-refractivity contribution in [1.82, 2.24) is 10.5 Å². The maximum Gasteiger partial charge on any atom is 0.150 e. The predicted molar refractivity (Wildman–Crippen MR) is 67.2 cm³/mol. The quantitative estimate of drug-likeness (QED) is 0.901. The van der Waals surface area contributed by atoms with Crippen molar-refractivity contribution in [3.05, 3.63) is 47.9 Å². The van der Waals surface area contributed by atoms with Crippen LogP contribution in [0.5, 0.6) is 5.75 Å². The molecular weight excluding hydrogens is 228 g/mol. The van der Waals surface area contributed by atoms with Crippen molar-refractivity contribution in [3.63, 3.8) is 0 Å². The number of benzene rings is 1. The molecule has 0 amide bonds. The van der Waals surface area contributed by atoms with E-state index in [1.54, 1.807) is 6.20 Å². The monoisotopic (exact) mass is 244 g/mol. The molecule has 2 heterocycles. The van der Waals surface area contributed by atoms with Gasteiger partial charge in [0, 0.05) is 11.6 Å². The predicted octanol–water partition coefficient (Wildman–Crippen LogP) is 2.68. The number of ether oxygens (including phenoxy) is 1. The first kappa shape index (κ1) is 11.3. The second-order valence-electron chi connectivity index (χ2n) is 5.04. The van der Waals surface area contributed by atoms with E-state index in [0.717, 1.165) is 11.5 Å². The van der Waals surface area contributed by atoms with Crippen LogP contribution in [0.1, 0.15) is 31.2 Å². The third kappa shape index (κ3) is 1.88. The smallest absolute Gasteiger partial charge is 0.150 e. The van der Waals surface area contributed by atoms with Crippen LogP contribution in [-0.4, -0.2) is 10.8 Å². The second kappa shape index (κ2) is 4.14. The highest BCUT2D eigenvalue weighted by Crippen LogP contribution is 2.42. The van der Waals surface area contributed by atoms with E-state index in [4.69, 9.17) is 9.26 Å². The van der Waals surface area contributed by atoms with Gasteiger partial charge in [-0.25, -0.2) is 0 Å². The van der Waals surface area contributed by atoms with Crippen LogP contribution >= 0.6 is 0 Å². The van der Waals surface area contributed by atoms with Gasteiger partial charge >= 0.3 is 0 Å². The molecule has 0 aliphatic carbocycles. The van der Waals surface area contributed by atoms with Crippen LogP contribution in [0.25, 0.3) is 0 Å². The lowest BCUT2D eigenvalue weighted by molar-refractivity contribution is 0.0946. The normalized spacial score (nSPS) is 20.4. The van der Waals surface area contributed by atoms with Crippen molar-refractivity contribution in [3.8, 4) is 5.75 Å². The van der Waals surface area contributed by atoms with E-state index in [-0.39, 0.29) is 11.6 Å². The van der Waals surface area contributed by atoms with Crippen LogP contribution in [0.2, 0.25) is 0 Å². The Labute approximate surface area is 106 Å². The van der Waals surface area contributed by atoms with Gasteiger partial charge in [-0.2, -0.15) is 0 Å². The topological polar surface area (TPSA) is 47.3 Å². The Hall–Kier alpha value is -1.81. The number of rotatable bonds is 3. The van der Waals surface area contributed by atoms with Crippen LogP contribution in [0.15, 0.2) is 41.1 Å². The van der Waals surface area contributed by atoms with Crippen molar-refractivity contribution < 1.29 is 9.26 Å². The summed E-state index contributed by atoms with van der Waals surface area (Å²) in [5.41, 5.74) is 0.936. The lowest BCUT2D eigenvalue weighted by atomic mass is 9.94. The Morgan fingerprint density at radius 3 is 2.89 bits per heavy atom. The molecule has 94 valence electrons. The second-order valence-corrected chi connectivity index (χ2v) is 5.04. The van der Waals surface area contributed by atoms with Gasteiger partial charge in [0.1, 0.15) is 17.1 Å². The molecule has 1 aromatic carbocycles. The number of hydrogen-bond acceptors (Lipinski definition) is 4. The van der Waals surface area contributed by atoms with Gasteiger partial charge in [-0.05, 0) is 19.9 Å². The lowest BCUT2D eigenvalue weighted by Crippen LogP contribution is -2.38. The summed E-state index contributed by atoms with van der Waals surface area (Å²) < 4.78 is 11.1. The summed E-state index contributed by atoms with van der Waals surface area (Å²) in [4.78, 5) is 0. The van der Waals surface area contributed by atoms with Gasteiger partial charge in [0.15, 0.2) is 0 Å². The van der Waals surface area contributed by atoms with E-state index in [0.29, 0.717) is 6.54 Å². The van der Waals surface area contributed by atoms with Gasteiger partial charge in [-0.15, -0.1) is 0 Å². The standard InChI is InChI=1S/C14H16N2O2/c1-14(2)13(15-9-10-7-8-16-18-10)11-5-3-4-6-12(11)17-14/h3-8,13,15H,9H2,1-2H3. The molecule has 0 radical (unpaired) electrons. The molecule has 0 fully saturated rings. The average molecular weight is 244 g/mol. The zero-order valence-corrected chi connectivity index (χ0v) is 10.5. The lowest BCUT2D eigenvalue weighted by Gasteiger charge is -2.26. The zero-order chi connectivity index (χ0) is 12.6. The van der Waals surface area contributed by atoms with Crippen LogP contribution < -0.4 is 10.1 Å². The molecule has 1 N–H and O–H groups in total. The zero-order valence-electron chi connectivity index (χ0n) is 10.5. The van der Waals surface area contributed by atoms with Crippen molar-refractivity contribution in [1.29, 1.82) is 0 Å². The maximum atomic E-state index is 5.97. The van der Waals surface area contributed by atoms with Gasteiger partial charge in [0.2, 0.25) is 0 Å². The minimum Gasteiger partial charge on any atom is -0.486 e. The Morgan fingerprint density at radius 1 is 1.28 bits per heavy atom. The molecule has 1 aromatic heterocycles. The van der Waals surface area contributed by atoms with Gasteiger partial charge in [-0.3, -0.25) is 5.32 Å². The summed E-state index contributed by atoms with van der Waals surface area (Å²) in [7, 11) is 0. The van der Waals surface area contributed by atoms with Crippen LogP contribution in [0.3, 0.4) is 0 Å². The first-order valence-corrected chi connectivity index (χ1v) is 6.08. The molecule has 1 aliphatic heterocycles. The molecule has 18 heavy (non-hydrogen) atoms. The van der Waals surface area contributed by atoms with Gasteiger partial charge in [-0.1, -0.05) is 23.4 Å². The summed E-state index contributed by atoms with van der Waals surface area (Å²) in [6, 6.07) is 10.1. The number of fused-ring (bicyclic) bond motifs is 1. The highest BCUT2D eigenvalue weighted by atomic mass is 16.5. The summed E-state index contributed by atoms with van der Waals surface area (Å²) >= 11 is 0. The molecule has 2 aromatic rings. The fourth-order valence-corrected chi connectivity index (χ4v) is 2.42. The molecule has 4 nitrogen and oxygen atoms in total. The maximum absolute atomic E-state index is 5.97. The molecule has 0 bridgehead atoms. The fraction of sp³-hybridized carbons (Fsp3) is 0.357. The Kier molecular flexibility index (Phi) is 2.59. The third-order valence-electron chi connectivity index (χ3n) is 3.27. The molecule has 4 heteroatoms. The third-order valence-corrected chi connectivity index (χ3v) is 3.27. The van der Waals surface area contributed by atoms with E-state index in [1.165, 1.54) is 5.56 Å². The van der Waals surface area contributed by atoms with Crippen molar-refractivity contribution in [2.75, 3.05) is 0 Å². The minimum atomic E-state index is -0.260. The van der Waals surface area contributed by atoms with E-state index >= 15 is 0 Å². The summed E-state index contributed by atoms with van der Waals surface area (Å²) in [6.45, 7) is 4.82. The molecule has 1 aliphatic rings. The molecule has 0 saturated carbocycles. The molecule has 1 unspecified atom stereocenters. The SMILES string of the molecule is CC1(C)Oc2ccccc2C1NCc1ccno1. The first-order chi connectivity index (χ1) is 8.67. The average Bonchev–Trinajstić information content (AvgIpc) is 2.91. The van der Waals surface area contributed by atoms with Gasteiger partial charge in [0.05, 0.1) is 18.8 Å². The Balaban J connectivity index is 1.81. The van der Waals surface area contributed by atoms with Crippen LogP contribution in [-0.2, 0) is 6.54 Å². The minimum absolute atomic E-state index is 0.152. The molecule has 3 rings (SSSR count). The molecule has 0 spiro atoms. The van der Waals surface area contributed by atoms with E-state index in [9.17, 15) is 0 Å². The summed E-state index contributed by atoms with van der Waals surface area (Å²) in [5.74, 6) is 1.78. The number of aromatic nitrogens is 1.